The van der Waals surface area contributed by atoms with Gasteiger partial charge in [-0.25, -0.2) is 0 Å². The van der Waals surface area contributed by atoms with Crippen LogP contribution in [0.3, 0.4) is 0 Å². The monoisotopic (exact) mass is 288 g/mol. The van der Waals surface area contributed by atoms with Crippen LogP contribution in [-0.4, -0.2) is 5.91 Å². The van der Waals surface area contributed by atoms with Gasteiger partial charge >= 0.3 is 0 Å². The number of nitriles is 1. The van der Waals surface area contributed by atoms with Gasteiger partial charge in [-0.1, -0.05) is 13.3 Å². The molecule has 2 aliphatic carbocycles. The van der Waals surface area contributed by atoms with Gasteiger partial charge in [0.2, 0.25) is 5.91 Å². The van der Waals surface area contributed by atoms with Crippen LogP contribution in [0.1, 0.15) is 48.6 Å². The van der Waals surface area contributed by atoms with E-state index in [0.717, 1.165) is 34.2 Å². The molecule has 3 nitrogen and oxygen atoms in total. The molecule has 20 heavy (non-hydrogen) atoms. The minimum absolute atomic E-state index is 0.137. The number of nitrogens with zero attached hydrogens (tertiary/aromatic N) is 1. The average molecular weight is 288 g/mol. The number of amides is 1. The van der Waals surface area contributed by atoms with Crippen LogP contribution >= 0.6 is 11.3 Å². The second kappa shape index (κ2) is 5.21. The van der Waals surface area contributed by atoms with Gasteiger partial charge in [-0.15, -0.1) is 11.3 Å². The number of aryl methyl sites for hydroxylation is 1. The molecule has 2 bridgehead atoms. The Hall–Kier alpha value is -1.34. The SMILES string of the molecule is CCc1c(C)sc(NC(=O)[C@H]2C[C@@H]3CC[C@@H]2C3)c1C#N. The Labute approximate surface area is 124 Å². The van der Waals surface area contributed by atoms with Gasteiger partial charge in [0.15, 0.2) is 0 Å². The molecule has 1 heterocycles. The van der Waals surface area contributed by atoms with Gasteiger partial charge in [0.25, 0.3) is 0 Å². The molecule has 2 aliphatic rings. The van der Waals surface area contributed by atoms with E-state index < -0.39 is 0 Å². The van der Waals surface area contributed by atoms with Crippen LogP contribution in [0.2, 0.25) is 0 Å². The Morgan fingerprint density at radius 1 is 1.45 bits per heavy atom. The fourth-order valence-corrected chi connectivity index (χ4v) is 5.08. The fourth-order valence-electron chi connectivity index (χ4n) is 3.98. The van der Waals surface area contributed by atoms with E-state index in [0.29, 0.717) is 11.5 Å². The van der Waals surface area contributed by atoms with Crippen LogP contribution in [0.5, 0.6) is 0 Å². The Balaban J connectivity index is 1.78. The minimum Gasteiger partial charge on any atom is -0.316 e. The van der Waals surface area contributed by atoms with E-state index in [1.807, 2.05) is 6.92 Å². The van der Waals surface area contributed by atoms with Gasteiger partial charge in [-0.05, 0) is 50.0 Å². The molecule has 1 amide bonds. The number of nitrogens with one attached hydrogen (secondary N) is 1. The van der Waals surface area contributed by atoms with Crippen molar-refractivity contribution in [2.24, 2.45) is 17.8 Å². The number of rotatable bonds is 3. The zero-order valence-electron chi connectivity index (χ0n) is 12.0. The van der Waals surface area contributed by atoms with E-state index in [-0.39, 0.29) is 11.8 Å². The van der Waals surface area contributed by atoms with Crippen molar-refractivity contribution in [3.63, 3.8) is 0 Å². The third-order valence-corrected chi connectivity index (χ3v) is 6.05. The van der Waals surface area contributed by atoms with Gasteiger partial charge in [0.05, 0.1) is 5.56 Å². The predicted molar refractivity (Wildman–Crippen MR) is 80.7 cm³/mol. The summed E-state index contributed by atoms with van der Waals surface area (Å²) in [6, 6.07) is 2.26. The lowest BCUT2D eigenvalue weighted by Gasteiger charge is -2.20. The maximum atomic E-state index is 12.5. The molecule has 0 aromatic carbocycles. The quantitative estimate of drug-likeness (QED) is 0.918. The summed E-state index contributed by atoms with van der Waals surface area (Å²) in [5, 5.41) is 13.1. The number of carbonyl (C=O) groups is 1. The molecule has 0 saturated heterocycles. The summed E-state index contributed by atoms with van der Waals surface area (Å²) in [4.78, 5) is 13.6. The maximum Gasteiger partial charge on any atom is 0.228 e. The Morgan fingerprint density at radius 2 is 2.25 bits per heavy atom. The number of fused-ring (bicyclic) bond motifs is 2. The number of anilines is 1. The summed E-state index contributed by atoms with van der Waals surface area (Å²) >= 11 is 1.54. The smallest absolute Gasteiger partial charge is 0.228 e. The third-order valence-electron chi connectivity index (χ3n) is 4.99. The minimum atomic E-state index is 0.137. The van der Waals surface area contributed by atoms with E-state index in [1.54, 1.807) is 11.3 Å². The van der Waals surface area contributed by atoms with Crippen LogP contribution < -0.4 is 5.32 Å². The first-order valence-corrected chi connectivity index (χ1v) is 8.28. The Kier molecular flexibility index (Phi) is 3.55. The van der Waals surface area contributed by atoms with Gasteiger partial charge < -0.3 is 5.32 Å². The standard InChI is InChI=1S/C16H20N2OS/c1-3-12-9(2)20-16(14(12)8-17)18-15(19)13-7-10-4-5-11(13)6-10/h10-11,13H,3-7H2,1-2H3,(H,18,19)/t10-,11-,13+/m1/s1. The Morgan fingerprint density at radius 3 is 2.80 bits per heavy atom. The van der Waals surface area contributed by atoms with E-state index >= 15 is 0 Å². The molecule has 0 unspecified atom stereocenters. The summed E-state index contributed by atoms with van der Waals surface area (Å²) in [5.41, 5.74) is 1.76. The van der Waals surface area contributed by atoms with Crippen molar-refractivity contribution < 1.29 is 4.79 Å². The van der Waals surface area contributed by atoms with Crippen molar-refractivity contribution in [3.05, 3.63) is 16.0 Å². The lowest BCUT2D eigenvalue weighted by molar-refractivity contribution is -0.121. The van der Waals surface area contributed by atoms with E-state index in [9.17, 15) is 10.1 Å². The highest BCUT2D eigenvalue weighted by atomic mass is 32.1. The van der Waals surface area contributed by atoms with E-state index in [1.165, 1.54) is 19.3 Å². The summed E-state index contributed by atoms with van der Waals surface area (Å²) < 4.78 is 0. The van der Waals surface area contributed by atoms with Crippen LogP contribution in [0.15, 0.2) is 0 Å². The summed E-state index contributed by atoms with van der Waals surface area (Å²) in [6.07, 6.45) is 5.62. The highest BCUT2D eigenvalue weighted by Crippen LogP contribution is 2.48. The van der Waals surface area contributed by atoms with Crippen LogP contribution in [0, 0.1) is 36.0 Å². The lowest BCUT2D eigenvalue weighted by atomic mass is 9.88. The van der Waals surface area contributed by atoms with Crippen molar-refractivity contribution in [1.82, 2.24) is 0 Å². The largest absolute Gasteiger partial charge is 0.316 e. The molecule has 3 atom stereocenters. The summed E-state index contributed by atoms with van der Waals surface area (Å²) in [6.45, 7) is 4.08. The zero-order valence-corrected chi connectivity index (χ0v) is 12.8. The van der Waals surface area contributed by atoms with E-state index in [2.05, 4.69) is 18.3 Å². The molecule has 4 heteroatoms. The van der Waals surface area contributed by atoms with Gasteiger partial charge in [-0.2, -0.15) is 5.26 Å². The number of carbonyl (C=O) groups excluding carboxylic acids is 1. The molecule has 0 radical (unpaired) electrons. The van der Waals surface area contributed by atoms with Crippen LogP contribution in [0.4, 0.5) is 5.00 Å². The number of hydrogen-bond acceptors (Lipinski definition) is 3. The molecular formula is C16H20N2OS. The summed E-state index contributed by atoms with van der Waals surface area (Å²) in [7, 11) is 0. The van der Waals surface area contributed by atoms with Crippen molar-refractivity contribution in [2.75, 3.05) is 5.32 Å². The van der Waals surface area contributed by atoms with Crippen LogP contribution in [0.25, 0.3) is 0 Å². The normalized spacial score (nSPS) is 27.6. The summed E-state index contributed by atoms with van der Waals surface area (Å²) in [5.74, 6) is 1.66. The predicted octanol–water partition coefficient (Wildman–Crippen LogP) is 3.87. The lowest BCUT2D eigenvalue weighted by Crippen LogP contribution is -2.27. The first-order chi connectivity index (χ1) is 9.63. The molecule has 1 N–H and O–H groups in total. The molecule has 2 saturated carbocycles. The second-order valence-electron chi connectivity index (χ2n) is 6.08. The van der Waals surface area contributed by atoms with Crippen molar-refractivity contribution in [3.8, 4) is 6.07 Å². The second-order valence-corrected chi connectivity index (χ2v) is 7.30. The van der Waals surface area contributed by atoms with Crippen molar-refractivity contribution in [1.29, 1.82) is 5.26 Å². The highest BCUT2D eigenvalue weighted by Gasteiger charge is 2.43. The molecule has 0 spiro atoms. The first kappa shape index (κ1) is 13.6. The molecule has 0 aliphatic heterocycles. The highest BCUT2D eigenvalue weighted by molar-refractivity contribution is 7.16. The van der Waals surface area contributed by atoms with Crippen molar-refractivity contribution >= 4 is 22.2 Å². The topological polar surface area (TPSA) is 52.9 Å². The molecule has 2 fully saturated rings. The molecule has 1 aromatic rings. The van der Waals surface area contributed by atoms with Gasteiger partial charge in [-0.3, -0.25) is 4.79 Å². The first-order valence-electron chi connectivity index (χ1n) is 7.47. The van der Waals surface area contributed by atoms with Gasteiger partial charge in [0.1, 0.15) is 11.1 Å². The van der Waals surface area contributed by atoms with Gasteiger partial charge in [0, 0.05) is 10.8 Å². The number of thiophene rings is 1. The maximum absolute atomic E-state index is 12.5. The van der Waals surface area contributed by atoms with Crippen molar-refractivity contribution in [2.45, 2.75) is 46.0 Å². The fraction of sp³-hybridized carbons (Fsp3) is 0.625. The Bertz CT molecular complexity index is 584. The number of hydrogen-bond donors (Lipinski definition) is 1. The molecule has 106 valence electrons. The average Bonchev–Trinajstić information content (AvgIpc) is 3.12. The molecule has 3 rings (SSSR count). The van der Waals surface area contributed by atoms with Crippen LogP contribution in [-0.2, 0) is 11.2 Å². The third kappa shape index (κ3) is 2.14. The molecular weight excluding hydrogens is 268 g/mol. The molecule has 1 aromatic heterocycles. The van der Waals surface area contributed by atoms with E-state index in [4.69, 9.17) is 0 Å². The zero-order chi connectivity index (χ0) is 14.3.